The zero-order valence-electron chi connectivity index (χ0n) is 39.9. The average Bonchev–Trinajstić information content (AvgIpc) is 4.01. The Labute approximate surface area is 391 Å². The van der Waals surface area contributed by atoms with E-state index in [0.29, 0.717) is 43.5 Å². The molecule has 4 N–H and O–H groups in total. The van der Waals surface area contributed by atoms with Gasteiger partial charge in [-0.3, -0.25) is 34.0 Å². The molecule has 0 spiro atoms. The number of carbonyl (C=O) groups is 5. The van der Waals surface area contributed by atoms with Crippen molar-refractivity contribution < 1.29 is 38.2 Å². The fourth-order valence-corrected chi connectivity index (χ4v) is 10.3. The molecule has 4 aliphatic heterocycles. The van der Waals surface area contributed by atoms with E-state index >= 15 is 4.39 Å². The Hall–Kier alpha value is -5.87. The van der Waals surface area contributed by atoms with Gasteiger partial charge < -0.3 is 34.8 Å². The van der Waals surface area contributed by atoms with Gasteiger partial charge >= 0.3 is 5.97 Å². The summed E-state index contributed by atoms with van der Waals surface area (Å²) in [5.74, 6) is -3.29. The Balaban J connectivity index is 1.18. The summed E-state index contributed by atoms with van der Waals surface area (Å²) in [7, 11) is 1.37. The van der Waals surface area contributed by atoms with Crippen LogP contribution < -0.4 is 16.1 Å². The first-order valence-corrected chi connectivity index (χ1v) is 23.8. The summed E-state index contributed by atoms with van der Waals surface area (Å²) in [6.45, 7) is 15.2. The Kier molecular flexibility index (Phi) is 13.3. The first kappa shape index (κ1) is 47.6. The summed E-state index contributed by atoms with van der Waals surface area (Å²) in [5.41, 5.74) is 7.40. The molecular weight excluding hydrogens is 856 g/mol. The number of pyridine rings is 1. The molecule has 3 saturated heterocycles. The molecule has 4 amide bonds. The SMILES string of the molecule is CCn1c(-c2cccnc2C(C)C)c2c3cc(ccc31)-c1cc(O)cc(c1)C[C@H](NC(=O)[C@H](C(C)C)N(C)C(=O)[C@]1(F)CCN(C(=O)[C@@H]3CN3)C1)C(=O)N1CCC[C@H](N1)C(=O)OCC(C)(C)C2. The Morgan fingerprint density at radius 1 is 1.06 bits per heavy atom. The van der Waals surface area contributed by atoms with Crippen molar-refractivity contribution in [3.8, 4) is 28.1 Å². The van der Waals surface area contributed by atoms with Gasteiger partial charge in [-0.05, 0) is 96.7 Å². The summed E-state index contributed by atoms with van der Waals surface area (Å²) in [6, 6.07) is 11.8. The standard InChI is InChI=1S/C51H65FN8O7/c1-9-59-41-15-14-32-24-36(41)37(44(59)35-12-10-17-53-42(35)29(2)3)25-50(6,7)28-67-48(65)38-13-11-18-60(56-38)47(64)39(22-31-20-33(32)23-34(61)21-31)55-45(62)43(30(4)5)57(8)49(66)51(52)16-19-58(27-51)46(63)40-26-54-40/h10,12,14-15,17,20-21,23-24,29-30,38-40,43,54,56,61H,9,11,13,16,18-19,22,25-28H2,1-8H3,(H,55,62)/t38-,39-,40-,43-,51-/m0/s1. The molecule has 6 heterocycles. The second-order valence-corrected chi connectivity index (χ2v) is 20.4. The van der Waals surface area contributed by atoms with Gasteiger partial charge in [0, 0.05) is 74.1 Å². The van der Waals surface area contributed by atoms with Gasteiger partial charge in [-0.25, -0.2) is 9.82 Å². The van der Waals surface area contributed by atoms with E-state index in [0.717, 1.165) is 43.9 Å². The zero-order valence-corrected chi connectivity index (χ0v) is 39.9. The van der Waals surface area contributed by atoms with Crippen LogP contribution in [0.25, 0.3) is 33.3 Å². The maximum absolute atomic E-state index is 16.5. The molecule has 2 aromatic heterocycles. The van der Waals surface area contributed by atoms with Crippen molar-refractivity contribution in [1.29, 1.82) is 0 Å². The van der Waals surface area contributed by atoms with E-state index in [4.69, 9.17) is 9.72 Å². The minimum Gasteiger partial charge on any atom is -0.508 e. The number of hydrogen-bond donors (Lipinski definition) is 4. The van der Waals surface area contributed by atoms with E-state index in [2.05, 4.69) is 73.4 Å². The van der Waals surface area contributed by atoms with Crippen molar-refractivity contribution in [2.75, 3.05) is 39.8 Å². The van der Waals surface area contributed by atoms with E-state index in [-0.39, 0.29) is 56.2 Å². The normalized spacial score (nSPS) is 23.5. The van der Waals surface area contributed by atoms with Crippen LogP contribution in [-0.4, -0.2) is 129 Å². The number of halogens is 1. The summed E-state index contributed by atoms with van der Waals surface area (Å²) >= 11 is 0. The Morgan fingerprint density at radius 2 is 1.82 bits per heavy atom. The van der Waals surface area contributed by atoms with Crippen LogP contribution in [0.4, 0.5) is 4.39 Å². The van der Waals surface area contributed by atoms with Crippen molar-refractivity contribution >= 4 is 40.5 Å². The van der Waals surface area contributed by atoms with E-state index < -0.39 is 65.4 Å². The predicted molar refractivity (Wildman–Crippen MR) is 252 cm³/mol. The molecule has 15 nitrogen and oxygen atoms in total. The molecule has 0 saturated carbocycles. The monoisotopic (exact) mass is 920 g/mol. The number of phenols is 1. The van der Waals surface area contributed by atoms with Crippen molar-refractivity contribution in [3.63, 3.8) is 0 Å². The highest BCUT2D eigenvalue weighted by molar-refractivity contribution is 5.97. The van der Waals surface area contributed by atoms with Gasteiger partial charge in [0.15, 0.2) is 0 Å². The third-order valence-corrected chi connectivity index (χ3v) is 13.7. The summed E-state index contributed by atoms with van der Waals surface area (Å²) in [4.78, 5) is 77.1. The van der Waals surface area contributed by atoms with Gasteiger partial charge in [-0.2, -0.15) is 0 Å². The molecule has 358 valence electrons. The lowest BCUT2D eigenvalue weighted by molar-refractivity contribution is -0.155. The van der Waals surface area contributed by atoms with E-state index in [1.807, 2.05) is 24.4 Å². The molecule has 0 unspecified atom stereocenters. The van der Waals surface area contributed by atoms with Crippen molar-refractivity contribution in [2.45, 2.75) is 123 Å². The lowest BCUT2D eigenvalue weighted by Crippen LogP contribution is -2.62. The molecule has 0 aliphatic carbocycles. The fourth-order valence-electron chi connectivity index (χ4n) is 10.3. The van der Waals surface area contributed by atoms with Crippen LogP contribution in [0.15, 0.2) is 54.7 Å². The Morgan fingerprint density at radius 3 is 2.52 bits per heavy atom. The number of rotatable bonds is 9. The molecular formula is C51H65FN8O7. The number of esters is 1. The van der Waals surface area contributed by atoms with E-state index in [1.165, 1.54) is 17.0 Å². The number of hydrazine groups is 1. The highest BCUT2D eigenvalue weighted by Gasteiger charge is 2.51. The van der Waals surface area contributed by atoms with Crippen LogP contribution in [0.1, 0.15) is 90.5 Å². The number of cyclic esters (lactones) is 1. The van der Waals surface area contributed by atoms with Crippen LogP contribution in [0, 0.1) is 11.3 Å². The van der Waals surface area contributed by atoms with Gasteiger partial charge in [0.05, 0.1) is 30.6 Å². The number of aromatic nitrogens is 2. The number of aromatic hydroxyl groups is 1. The van der Waals surface area contributed by atoms with Gasteiger partial charge in [0.25, 0.3) is 11.8 Å². The predicted octanol–water partition coefficient (Wildman–Crippen LogP) is 5.26. The number of nitrogens with one attached hydrogen (secondary N) is 3. The first-order valence-electron chi connectivity index (χ1n) is 23.8. The molecule has 5 atom stereocenters. The average molecular weight is 921 g/mol. The van der Waals surface area contributed by atoms with Gasteiger partial charge in [-0.1, -0.05) is 53.7 Å². The number of nitrogens with zero attached hydrogens (tertiary/aromatic N) is 5. The number of phenolic OH excluding ortho intramolecular Hbond substituents is 1. The van der Waals surface area contributed by atoms with Crippen molar-refractivity contribution in [3.05, 3.63) is 71.5 Å². The highest BCUT2D eigenvalue weighted by Crippen LogP contribution is 2.42. The Bertz CT molecular complexity index is 2590. The van der Waals surface area contributed by atoms with Crippen LogP contribution in [-0.2, 0) is 48.1 Å². The van der Waals surface area contributed by atoms with Gasteiger partial charge in [0.1, 0.15) is 23.9 Å². The lowest BCUT2D eigenvalue weighted by Gasteiger charge is -2.37. The number of fused-ring (bicyclic) bond motifs is 6. The smallest absolute Gasteiger partial charge is 0.324 e. The second-order valence-electron chi connectivity index (χ2n) is 20.4. The number of alkyl halides is 1. The zero-order chi connectivity index (χ0) is 48.1. The van der Waals surface area contributed by atoms with E-state index in [1.54, 1.807) is 26.0 Å². The number of aryl methyl sites for hydroxylation is 1. The number of hydrogen-bond acceptors (Lipinski definition) is 10. The number of likely N-dealkylation sites (tertiary alicyclic amines) is 1. The fraction of sp³-hybridized carbons (Fsp3) is 0.529. The van der Waals surface area contributed by atoms with Crippen LogP contribution in [0.3, 0.4) is 0 Å². The number of carbonyl (C=O) groups excluding carboxylic acids is 5. The summed E-state index contributed by atoms with van der Waals surface area (Å²) in [6.07, 6.45) is 3.00. The molecule has 2 aromatic carbocycles. The quantitative estimate of drug-likeness (QED) is 0.127. The molecule has 8 rings (SSSR count). The highest BCUT2D eigenvalue weighted by atomic mass is 19.1. The molecule has 4 aromatic rings. The van der Waals surface area contributed by atoms with Gasteiger partial charge in [0.2, 0.25) is 17.5 Å². The first-order chi connectivity index (χ1) is 31.8. The van der Waals surface area contributed by atoms with Gasteiger partial charge in [-0.15, -0.1) is 0 Å². The minimum absolute atomic E-state index is 0.0382. The molecule has 0 radical (unpaired) electrons. The summed E-state index contributed by atoms with van der Waals surface area (Å²) < 4.78 is 24.9. The number of amides is 4. The molecule has 67 heavy (non-hydrogen) atoms. The number of ether oxygens (including phenoxy) is 1. The summed E-state index contributed by atoms with van der Waals surface area (Å²) in [5, 5.41) is 19.5. The second kappa shape index (κ2) is 18.7. The van der Waals surface area contributed by atoms with Crippen molar-refractivity contribution in [1.82, 2.24) is 40.4 Å². The molecule has 4 aliphatic rings. The van der Waals surface area contributed by atoms with E-state index in [9.17, 15) is 29.1 Å². The third kappa shape index (κ3) is 9.65. The number of benzene rings is 2. The molecule has 3 fully saturated rings. The largest absolute Gasteiger partial charge is 0.508 e. The topological polar surface area (TPSA) is 188 Å². The number of likely N-dealkylation sites (N-methyl/N-ethyl adjacent to an activating group) is 1. The third-order valence-electron chi connectivity index (χ3n) is 13.7. The van der Waals surface area contributed by atoms with Crippen LogP contribution in [0.5, 0.6) is 5.75 Å². The molecule has 16 heteroatoms. The maximum Gasteiger partial charge on any atom is 0.324 e. The molecule has 6 bridgehead atoms. The van der Waals surface area contributed by atoms with Crippen LogP contribution in [0.2, 0.25) is 0 Å². The lowest BCUT2D eigenvalue weighted by atomic mass is 9.83. The van der Waals surface area contributed by atoms with Crippen molar-refractivity contribution in [2.24, 2.45) is 11.3 Å². The maximum atomic E-state index is 16.5. The minimum atomic E-state index is -2.39. The van der Waals surface area contributed by atoms with Crippen LogP contribution >= 0.6 is 0 Å².